The number of nitrogens with one attached hydrogen (secondary N) is 1. The van der Waals surface area contributed by atoms with Gasteiger partial charge in [0.2, 0.25) is 5.91 Å². The third-order valence-corrected chi connectivity index (χ3v) is 6.56. The molecule has 1 amide bonds. The zero-order valence-electron chi connectivity index (χ0n) is 21.9. The molecule has 202 valence electrons. The van der Waals surface area contributed by atoms with Gasteiger partial charge in [-0.2, -0.15) is 0 Å². The Morgan fingerprint density at radius 2 is 1.30 bits per heavy atom. The van der Waals surface area contributed by atoms with Gasteiger partial charge in [0.05, 0.1) is 23.9 Å². The van der Waals surface area contributed by atoms with Gasteiger partial charge < -0.3 is 19.5 Å². The Morgan fingerprint density at radius 3 is 1.88 bits per heavy atom. The third-order valence-electron chi connectivity index (χ3n) is 5.67. The fourth-order valence-corrected chi connectivity index (χ4v) is 4.26. The van der Waals surface area contributed by atoms with E-state index in [-0.39, 0.29) is 16.4 Å². The topological polar surface area (TPSA) is 108 Å². The zero-order valence-corrected chi connectivity index (χ0v) is 22.7. The van der Waals surface area contributed by atoms with Crippen LogP contribution in [0.5, 0.6) is 11.5 Å². The van der Waals surface area contributed by atoms with Crippen LogP contribution < -0.4 is 14.8 Å². The summed E-state index contributed by atoms with van der Waals surface area (Å²) >= 11 is 1.15. The van der Waals surface area contributed by atoms with Gasteiger partial charge in [-0.3, -0.25) is 4.79 Å². The fraction of sp³-hybridized carbons (Fsp3) is 0.0968. The summed E-state index contributed by atoms with van der Waals surface area (Å²) < 4.78 is 15.9. The second kappa shape index (κ2) is 12.7. The predicted octanol–water partition coefficient (Wildman–Crippen LogP) is 6.24. The molecule has 4 aromatic rings. The van der Waals surface area contributed by atoms with Crippen LogP contribution in [0.3, 0.4) is 0 Å². The van der Waals surface area contributed by atoms with E-state index in [1.54, 1.807) is 66.0 Å². The number of amides is 1. The molecule has 0 radical (unpaired) electrons. The average Bonchev–Trinajstić information content (AvgIpc) is 3.41. The summed E-state index contributed by atoms with van der Waals surface area (Å²) in [6.07, 6.45) is 2.76. The standard InChI is InChI=1S/C31H25NO7S/c1-19-4-10-22(11-5-19)29(34)38-25-14-8-21(18-26(25)39-30(35)23-12-6-20(2)7-13-23)9-15-27(33)32-24-16-17-40-28(24)31(36)37-3/h4-18H,1-3H3,(H,32,33). The number of ether oxygens (including phenoxy) is 3. The summed E-state index contributed by atoms with van der Waals surface area (Å²) in [5.41, 5.74) is 3.45. The number of anilines is 1. The summed E-state index contributed by atoms with van der Waals surface area (Å²) in [5, 5.41) is 4.30. The van der Waals surface area contributed by atoms with Crippen LogP contribution in [0.2, 0.25) is 0 Å². The Bertz CT molecular complexity index is 1580. The molecule has 0 atom stereocenters. The van der Waals surface area contributed by atoms with Crippen molar-refractivity contribution in [1.29, 1.82) is 0 Å². The highest BCUT2D eigenvalue weighted by Crippen LogP contribution is 2.31. The Labute approximate surface area is 234 Å². The molecule has 0 unspecified atom stereocenters. The highest BCUT2D eigenvalue weighted by Gasteiger charge is 2.18. The first-order valence-corrected chi connectivity index (χ1v) is 13.0. The van der Waals surface area contributed by atoms with E-state index in [0.29, 0.717) is 22.4 Å². The Balaban J connectivity index is 1.57. The van der Waals surface area contributed by atoms with Crippen LogP contribution in [-0.4, -0.2) is 30.9 Å². The van der Waals surface area contributed by atoms with Crippen LogP contribution in [0, 0.1) is 13.8 Å². The minimum Gasteiger partial charge on any atom is -0.465 e. The Morgan fingerprint density at radius 1 is 0.725 bits per heavy atom. The summed E-state index contributed by atoms with van der Waals surface area (Å²) in [5.74, 6) is -2.26. The van der Waals surface area contributed by atoms with Crippen molar-refractivity contribution in [2.24, 2.45) is 0 Å². The van der Waals surface area contributed by atoms with Crippen molar-refractivity contribution in [1.82, 2.24) is 0 Å². The van der Waals surface area contributed by atoms with E-state index in [1.165, 1.54) is 31.4 Å². The molecule has 1 heterocycles. The number of benzene rings is 3. The van der Waals surface area contributed by atoms with Crippen LogP contribution in [0.25, 0.3) is 6.08 Å². The minimum absolute atomic E-state index is 0.000549. The number of carbonyl (C=O) groups is 4. The molecule has 0 saturated carbocycles. The zero-order chi connectivity index (χ0) is 28.6. The molecule has 0 aliphatic rings. The smallest absolute Gasteiger partial charge is 0.350 e. The predicted molar refractivity (Wildman–Crippen MR) is 152 cm³/mol. The SMILES string of the molecule is COC(=O)c1sccc1NC(=O)C=Cc1ccc(OC(=O)c2ccc(C)cc2)c(OC(=O)c2ccc(C)cc2)c1. The van der Waals surface area contributed by atoms with Crippen molar-refractivity contribution in [3.8, 4) is 11.5 Å². The number of aryl methyl sites for hydroxylation is 2. The van der Waals surface area contributed by atoms with Gasteiger partial charge >= 0.3 is 17.9 Å². The molecule has 4 rings (SSSR count). The minimum atomic E-state index is -0.640. The van der Waals surface area contributed by atoms with Crippen molar-refractivity contribution >= 4 is 46.9 Å². The van der Waals surface area contributed by atoms with E-state index in [1.807, 2.05) is 13.8 Å². The molecule has 0 aliphatic carbocycles. The van der Waals surface area contributed by atoms with Crippen molar-refractivity contribution in [2.45, 2.75) is 13.8 Å². The lowest BCUT2D eigenvalue weighted by Crippen LogP contribution is -2.13. The maximum absolute atomic E-state index is 12.9. The van der Waals surface area contributed by atoms with E-state index in [4.69, 9.17) is 14.2 Å². The summed E-state index contributed by atoms with van der Waals surface area (Å²) in [7, 11) is 1.26. The number of esters is 3. The maximum Gasteiger partial charge on any atom is 0.350 e. The molecule has 0 aliphatic heterocycles. The average molecular weight is 556 g/mol. The maximum atomic E-state index is 12.9. The van der Waals surface area contributed by atoms with Crippen LogP contribution in [0.15, 0.2) is 84.3 Å². The molecular weight excluding hydrogens is 530 g/mol. The number of thiophene rings is 1. The van der Waals surface area contributed by atoms with E-state index in [0.717, 1.165) is 22.5 Å². The van der Waals surface area contributed by atoms with Gasteiger partial charge in [0.15, 0.2) is 11.5 Å². The highest BCUT2D eigenvalue weighted by atomic mass is 32.1. The van der Waals surface area contributed by atoms with Crippen molar-refractivity contribution in [2.75, 3.05) is 12.4 Å². The van der Waals surface area contributed by atoms with Gasteiger partial charge in [0, 0.05) is 6.08 Å². The van der Waals surface area contributed by atoms with E-state index in [9.17, 15) is 19.2 Å². The third kappa shape index (κ3) is 7.09. The number of hydrogen-bond donors (Lipinski definition) is 1. The monoisotopic (exact) mass is 555 g/mol. The molecule has 9 heteroatoms. The quantitative estimate of drug-likeness (QED) is 0.156. The highest BCUT2D eigenvalue weighted by molar-refractivity contribution is 7.12. The van der Waals surface area contributed by atoms with Crippen molar-refractivity contribution in [3.05, 3.63) is 117 Å². The van der Waals surface area contributed by atoms with E-state index in [2.05, 4.69) is 5.32 Å². The molecule has 0 bridgehead atoms. The fourth-order valence-electron chi connectivity index (χ4n) is 3.49. The molecule has 8 nitrogen and oxygen atoms in total. The van der Waals surface area contributed by atoms with E-state index < -0.39 is 23.8 Å². The van der Waals surface area contributed by atoms with E-state index >= 15 is 0 Å². The normalized spacial score (nSPS) is 10.7. The van der Waals surface area contributed by atoms with Crippen molar-refractivity contribution < 1.29 is 33.4 Å². The van der Waals surface area contributed by atoms with Crippen LogP contribution >= 0.6 is 11.3 Å². The molecule has 40 heavy (non-hydrogen) atoms. The first kappa shape index (κ1) is 28.0. The second-order valence-corrected chi connectivity index (χ2v) is 9.61. The summed E-state index contributed by atoms with van der Waals surface area (Å²) in [6.45, 7) is 3.81. The lowest BCUT2D eigenvalue weighted by molar-refractivity contribution is -0.111. The van der Waals surface area contributed by atoms with Crippen LogP contribution in [0.4, 0.5) is 5.69 Å². The molecule has 3 aromatic carbocycles. The lowest BCUT2D eigenvalue weighted by atomic mass is 10.1. The second-order valence-electron chi connectivity index (χ2n) is 8.69. The van der Waals surface area contributed by atoms with Gasteiger partial charge in [-0.25, -0.2) is 14.4 Å². The molecule has 1 N–H and O–H groups in total. The summed E-state index contributed by atoms with van der Waals surface area (Å²) in [4.78, 5) is 50.3. The number of carbonyl (C=O) groups excluding carboxylic acids is 4. The first-order chi connectivity index (χ1) is 19.2. The largest absolute Gasteiger partial charge is 0.465 e. The number of rotatable bonds is 8. The van der Waals surface area contributed by atoms with Crippen LogP contribution in [0.1, 0.15) is 47.1 Å². The lowest BCUT2D eigenvalue weighted by Gasteiger charge is -2.12. The van der Waals surface area contributed by atoms with Gasteiger partial charge in [-0.05, 0) is 73.3 Å². The molecule has 1 aromatic heterocycles. The number of hydrogen-bond acceptors (Lipinski definition) is 8. The summed E-state index contributed by atoms with van der Waals surface area (Å²) in [6, 6.07) is 19.9. The number of methoxy groups -OCH3 is 1. The van der Waals surface area contributed by atoms with Gasteiger partial charge in [-0.1, -0.05) is 41.5 Å². The molecule has 0 saturated heterocycles. The van der Waals surface area contributed by atoms with Gasteiger partial charge in [0.1, 0.15) is 4.88 Å². The van der Waals surface area contributed by atoms with Crippen molar-refractivity contribution in [3.63, 3.8) is 0 Å². The molecule has 0 spiro atoms. The Kier molecular flexibility index (Phi) is 8.88. The van der Waals surface area contributed by atoms with Crippen LogP contribution in [-0.2, 0) is 9.53 Å². The molecular formula is C31H25NO7S. The van der Waals surface area contributed by atoms with Gasteiger partial charge in [0.25, 0.3) is 0 Å². The molecule has 0 fully saturated rings. The first-order valence-electron chi connectivity index (χ1n) is 12.1. The van der Waals surface area contributed by atoms with Gasteiger partial charge in [-0.15, -0.1) is 11.3 Å². The Hall–Kier alpha value is -5.02.